The Kier molecular flexibility index (Phi) is 2.15. The standard InChI is InChI=1S/C12H9NO2S/c1-8-13-12(7-16-8)15-10-2-3-11-9(6-10)4-5-14-11/h2-7H,1H3. The number of aryl methyl sites for hydroxylation is 1. The second-order valence-corrected chi connectivity index (χ2v) is 4.49. The summed E-state index contributed by atoms with van der Waals surface area (Å²) in [6, 6.07) is 7.62. The second kappa shape index (κ2) is 3.64. The minimum Gasteiger partial charge on any atom is -0.464 e. The van der Waals surface area contributed by atoms with E-state index >= 15 is 0 Å². The van der Waals surface area contributed by atoms with Crippen LogP contribution in [0.15, 0.2) is 40.3 Å². The Balaban J connectivity index is 1.94. The Morgan fingerprint density at radius 2 is 2.25 bits per heavy atom. The molecule has 4 heteroatoms. The first-order valence-corrected chi connectivity index (χ1v) is 5.76. The summed E-state index contributed by atoms with van der Waals surface area (Å²) in [4.78, 5) is 4.25. The molecule has 0 radical (unpaired) electrons. The van der Waals surface area contributed by atoms with E-state index in [4.69, 9.17) is 9.15 Å². The lowest BCUT2D eigenvalue weighted by molar-refractivity contribution is 0.466. The monoisotopic (exact) mass is 231 g/mol. The maximum absolute atomic E-state index is 5.63. The fourth-order valence-electron chi connectivity index (χ4n) is 1.52. The summed E-state index contributed by atoms with van der Waals surface area (Å²) in [5, 5.41) is 3.93. The molecule has 2 aromatic heterocycles. The van der Waals surface area contributed by atoms with E-state index in [1.807, 2.05) is 36.6 Å². The molecule has 80 valence electrons. The van der Waals surface area contributed by atoms with Gasteiger partial charge in [0.25, 0.3) is 0 Å². The predicted octanol–water partition coefficient (Wildman–Crippen LogP) is 3.99. The van der Waals surface area contributed by atoms with Crippen molar-refractivity contribution in [2.24, 2.45) is 0 Å². The molecule has 1 aromatic carbocycles. The molecule has 0 saturated heterocycles. The van der Waals surface area contributed by atoms with Crippen LogP contribution in [0.3, 0.4) is 0 Å². The summed E-state index contributed by atoms with van der Waals surface area (Å²) < 4.78 is 10.9. The lowest BCUT2D eigenvalue weighted by Gasteiger charge is -2.01. The third-order valence-electron chi connectivity index (χ3n) is 2.24. The number of rotatable bonds is 2. The number of nitrogens with zero attached hydrogens (tertiary/aromatic N) is 1. The van der Waals surface area contributed by atoms with E-state index in [1.165, 1.54) is 0 Å². The molecule has 0 unspecified atom stereocenters. The SMILES string of the molecule is Cc1nc(Oc2ccc3occc3c2)cs1. The van der Waals surface area contributed by atoms with Crippen LogP contribution in [0, 0.1) is 6.92 Å². The molecule has 3 aromatic rings. The number of benzene rings is 1. The topological polar surface area (TPSA) is 35.3 Å². The number of ether oxygens (including phenoxy) is 1. The van der Waals surface area contributed by atoms with E-state index in [-0.39, 0.29) is 0 Å². The van der Waals surface area contributed by atoms with Crippen LogP contribution in [-0.2, 0) is 0 Å². The van der Waals surface area contributed by atoms with Crippen molar-refractivity contribution in [2.45, 2.75) is 6.92 Å². The van der Waals surface area contributed by atoms with Crippen molar-refractivity contribution in [1.82, 2.24) is 4.98 Å². The van der Waals surface area contributed by atoms with Crippen molar-refractivity contribution in [3.05, 3.63) is 40.9 Å². The zero-order valence-corrected chi connectivity index (χ0v) is 9.45. The highest BCUT2D eigenvalue weighted by Crippen LogP contribution is 2.26. The molecule has 0 aliphatic rings. The lowest BCUT2D eigenvalue weighted by Crippen LogP contribution is -1.83. The average molecular weight is 231 g/mol. The predicted molar refractivity (Wildman–Crippen MR) is 63.1 cm³/mol. The smallest absolute Gasteiger partial charge is 0.230 e. The molecule has 16 heavy (non-hydrogen) atoms. The molecule has 3 nitrogen and oxygen atoms in total. The van der Waals surface area contributed by atoms with Gasteiger partial charge in [0.15, 0.2) is 0 Å². The molecular weight excluding hydrogens is 222 g/mol. The second-order valence-electron chi connectivity index (χ2n) is 3.43. The molecule has 2 heterocycles. The van der Waals surface area contributed by atoms with E-state index in [9.17, 15) is 0 Å². The minimum absolute atomic E-state index is 0.644. The zero-order valence-electron chi connectivity index (χ0n) is 8.64. The first kappa shape index (κ1) is 9.42. The number of fused-ring (bicyclic) bond motifs is 1. The van der Waals surface area contributed by atoms with Gasteiger partial charge in [0.2, 0.25) is 5.88 Å². The first-order chi connectivity index (χ1) is 7.81. The highest BCUT2D eigenvalue weighted by Gasteiger charge is 2.03. The van der Waals surface area contributed by atoms with Crippen LogP contribution in [0.5, 0.6) is 11.6 Å². The maximum atomic E-state index is 5.63. The third-order valence-corrected chi connectivity index (χ3v) is 3.00. The highest BCUT2D eigenvalue weighted by atomic mass is 32.1. The van der Waals surface area contributed by atoms with Crippen molar-refractivity contribution in [3.63, 3.8) is 0 Å². The van der Waals surface area contributed by atoms with Crippen molar-refractivity contribution in [2.75, 3.05) is 0 Å². The van der Waals surface area contributed by atoms with Gasteiger partial charge in [0.05, 0.1) is 16.7 Å². The van der Waals surface area contributed by atoms with Crippen molar-refractivity contribution in [1.29, 1.82) is 0 Å². The molecule has 0 fully saturated rings. The summed E-state index contributed by atoms with van der Waals surface area (Å²) in [7, 11) is 0. The van der Waals surface area contributed by atoms with Gasteiger partial charge in [-0.05, 0) is 31.2 Å². The van der Waals surface area contributed by atoms with Crippen LogP contribution in [-0.4, -0.2) is 4.98 Å². The van der Waals surface area contributed by atoms with Gasteiger partial charge in [0.1, 0.15) is 11.3 Å². The summed E-state index contributed by atoms with van der Waals surface area (Å²) in [6.07, 6.45) is 1.67. The van der Waals surface area contributed by atoms with Gasteiger partial charge in [-0.15, -0.1) is 11.3 Å². The minimum atomic E-state index is 0.644. The molecule has 0 atom stereocenters. The normalized spacial score (nSPS) is 10.8. The van der Waals surface area contributed by atoms with E-state index in [0.717, 1.165) is 21.7 Å². The largest absolute Gasteiger partial charge is 0.464 e. The van der Waals surface area contributed by atoms with Gasteiger partial charge in [-0.25, -0.2) is 4.98 Å². The summed E-state index contributed by atoms with van der Waals surface area (Å²) in [5.41, 5.74) is 0.863. The lowest BCUT2D eigenvalue weighted by atomic mass is 10.2. The Morgan fingerprint density at radius 3 is 3.06 bits per heavy atom. The van der Waals surface area contributed by atoms with Crippen LogP contribution in [0.4, 0.5) is 0 Å². The number of furan rings is 1. The van der Waals surface area contributed by atoms with Crippen LogP contribution in [0.25, 0.3) is 11.0 Å². The average Bonchev–Trinajstić information content (AvgIpc) is 2.87. The van der Waals surface area contributed by atoms with Crippen LogP contribution < -0.4 is 4.74 Å². The van der Waals surface area contributed by atoms with Gasteiger partial charge in [0, 0.05) is 5.39 Å². The van der Waals surface area contributed by atoms with E-state index in [0.29, 0.717) is 5.88 Å². The van der Waals surface area contributed by atoms with Crippen molar-refractivity contribution < 1.29 is 9.15 Å². The molecule has 0 spiro atoms. The molecule has 0 aliphatic carbocycles. The van der Waals surface area contributed by atoms with Crippen LogP contribution in [0.2, 0.25) is 0 Å². The fourth-order valence-corrected chi connectivity index (χ4v) is 2.03. The first-order valence-electron chi connectivity index (χ1n) is 4.88. The third kappa shape index (κ3) is 1.67. The fraction of sp³-hybridized carbons (Fsp3) is 0.0833. The molecular formula is C12H9NO2S. The molecule has 0 aliphatic heterocycles. The van der Waals surface area contributed by atoms with Crippen molar-refractivity contribution >= 4 is 22.3 Å². The molecule has 0 N–H and O–H groups in total. The van der Waals surface area contributed by atoms with E-state index < -0.39 is 0 Å². The number of aromatic nitrogens is 1. The van der Waals surface area contributed by atoms with Crippen molar-refractivity contribution in [3.8, 4) is 11.6 Å². The van der Waals surface area contributed by atoms with Gasteiger partial charge in [-0.2, -0.15) is 0 Å². The zero-order chi connectivity index (χ0) is 11.0. The summed E-state index contributed by atoms with van der Waals surface area (Å²) in [5.74, 6) is 1.42. The Labute approximate surface area is 96.3 Å². The van der Waals surface area contributed by atoms with Crippen LogP contribution >= 0.6 is 11.3 Å². The number of hydrogen-bond acceptors (Lipinski definition) is 4. The van der Waals surface area contributed by atoms with Gasteiger partial charge in [-0.3, -0.25) is 0 Å². The molecule has 0 bridgehead atoms. The Morgan fingerprint density at radius 1 is 1.31 bits per heavy atom. The highest BCUT2D eigenvalue weighted by molar-refractivity contribution is 7.09. The quantitative estimate of drug-likeness (QED) is 0.669. The number of thiazole rings is 1. The van der Waals surface area contributed by atoms with Gasteiger partial charge < -0.3 is 9.15 Å². The molecule has 0 saturated carbocycles. The maximum Gasteiger partial charge on any atom is 0.230 e. The summed E-state index contributed by atoms with van der Waals surface area (Å²) >= 11 is 1.57. The van der Waals surface area contributed by atoms with E-state index in [1.54, 1.807) is 17.6 Å². The number of hydrogen-bond donors (Lipinski definition) is 0. The summed E-state index contributed by atoms with van der Waals surface area (Å²) in [6.45, 7) is 1.96. The Bertz CT molecular complexity index is 627. The molecule has 3 rings (SSSR count). The van der Waals surface area contributed by atoms with E-state index in [2.05, 4.69) is 4.98 Å². The van der Waals surface area contributed by atoms with Crippen LogP contribution in [0.1, 0.15) is 5.01 Å². The Hall–Kier alpha value is -1.81. The molecule has 0 amide bonds. The van der Waals surface area contributed by atoms with Gasteiger partial charge in [-0.1, -0.05) is 0 Å². The van der Waals surface area contributed by atoms with Gasteiger partial charge >= 0.3 is 0 Å².